The van der Waals surface area contributed by atoms with Crippen molar-refractivity contribution >= 4 is 30.2 Å². The van der Waals surface area contributed by atoms with E-state index in [1.807, 2.05) is 18.2 Å². The van der Waals surface area contributed by atoms with Crippen molar-refractivity contribution in [2.45, 2.75) is 37.8 Å². The quantitative estimate of drug-likeness (QED) is 0.484. The fraction of sp³-hybridized carbons (Fsp3) is 0.538. The van der Waals surface area contributed by atoms with Crippen LogP contribution < -0.4 is 22.5 Å². The summed E-state index contributed by atoms with van der Waals surface area (Å²) < 4.78 is 1.47. The molecule has 2 saturated heterocycles. The number of nitrogens with one attached hydrogen (secondary N) is 1. The summed E-state index contributed by atoms with van der Waals surface area (Å²) in [6, 6.07) is 9.13. The van der Waals surface area contributed by atoms with E-state index in [0.29, 0.717) is 32.1 Å². The van der Waals surface area contributed by atoms with E-state index in [4.69, 9.17) is 11.5 Å². The summed E-state index contributed by atoms with van der Waals surface area (Å²) in [4.78, 5) is 47.6. The summed E-state index contributed by atoms with van der Waals surface area (Å²) in [5, 5.41) is 2.70. The summed E-state index contributed by atoms with van der Waals surface area (Å²) in [7, 11) is 0. The number of hydrogen-bond donors (Lipinski definition) is 3. The van der Waals surface area contributed by atoms with Crippen LogP contribution in [0.15, 0.2) is 41.3 Å². The Bertz CT molecular complexity index is 1250. The van der Waals surface area contributed by atoms with Crippen molar-refractivity contribution in [2.75, 3.05) is 51.1 Å². The van der Waals surface area contributed by atoms with Crippen LogP contribution in [0.2, 0.25) is 0 Å². The van der Waals surface area contributed by atoms with Gasteiger partial charge in [-0.05, 0) is 56.4 Å². The first-order valence-electron chi connectivity index (χ1n) is 12.9. The summed E-state index contributed by atoms with van der Waals surface area (Å²) in [6.07, 6.45) is 3.65. The van der Waals surface area contributed by atoms with Crippen molar-refractivity contribution < 1.29 is 9.59 Å². The number of piperazine rings is 1. The summed E-state index contributed by atoms with van der Waals surface area (Å²) in [6.45, 7) is 7.90. The lowest BCUT2D eigenvalue weighted by Crippen LogP contribution is -2.58. The minimum Gasteiger partial charge on any atom is -0.338 e. The number of anilines is 1. The molecule has 2 atom stereocenters. The van der Waals surface area contributed by atoms with Gasteiger partial charge in [-0.3, -0.25) is 14.7 Å². The number of aromatic nitrogens is 2. The molecule has 0 bridgehead atoms. The molecule has 12 heteroatoms. The van der Waals surface area contributed by atoms with Crippen LogP contribution in [0.3, 0.4) is 0 Å². The third-order valence-corrected chi connectivity index (χ3v) is 7.63. The van der Waals surface area contributed by atoms with Crippen molar-refractivity contribution in [3.63, 3.8) is 0 Å². The highest BCUT2D eigenvalue weighted by molar-refractivity contribution is 5.89. The zero-order valence-corrected chi connectivity index (χ0v) is 22.7. The number of rotatable bonds is 6. The molecule has 5 N–H and O–H groups in total. The van der Waals surface area contributed by atoms with Crippen LogP contribution in [0.4, 0.5) is 10.6 Å². The number of hydrogen-bond acceptors (Lipinski definition) is 7. The normalized spacial score (nSPS) is 23.0. The fourth-order valence-corrected chi connectivity index (χ4v) is 5.33. The van der Waals surface area contributed by atoms with Gasteiger partial charge in [-0.25, -0.2) is 9.59 Å². The number of carbonyl (C=O) groups excluding carboxylic acids is 2. The number of likely N-dealkylation sites (tertiary alicyclic amines) is 1. The average Bonchev–Trinajstić information content (AvgIpc) is 3.38. The van der Waals surface area contributed by atoms with Gasteiger partial charge in [0.05, 0.1) is 11.2 Å². The van der Waals surface area contributed by atoms with Crippen molar-refractivity contribution in [1.82, 2.24) is 24.3 Å². The zero-order valence-electron chi connectivity index (χ0n) is 21.9. The first-order valence-corrected chi connectivity index (χ1v) is 12.9. The summed E-state index contributed by atoms with van der Waals surface area (Å²) in [5.74, 6) is 0.700. The van der Waals surface area contributed by atoms with E-state index in [0.717, 1.165) is 43.7 Å². The minimum atomic E-state index is -0.945. The van der Waals surface area contributed by atoms with Crippen LogP contribution >= 0.6 is 12.4 Å². The van der Waals surface area contributed by atoms with Crippen LogP contribution in [0.25, 0.3) is 5.69 Å². The summed E-state index contributed by atoms with van der Waals surface area (Å²) >= 11 is 0. The predicted molar refractivity (Wildman–Crippen MR) is 148 cm³/mol. The molecule has 3 amide bonds. The molecule has 38 heavy (non-hydrogen) atoms. The molecule has 1 aromatic carbocycles. The van der Waals surface area contributed by atoms with Crippen LogP contribution in [-0.4, -0.2) is 93.1 Å². The van der Waals surface area contributed by atoms with Gasteiger partial charge >= 0.3 is 11.7 Å². The third kappa shape index (κ3) is 6.01. The number of halogens is 1. The first-order chi connectivity index (χ1) is 17.5. The number of piperidine rings is 1. The second kappa shape index (κ2) is 10.6. The highest BCUT2D eigenvalue weighted by Crippen LogP contribution is 2.47. The van der Waals surface area contributed by atoms with E-state index in [2.05, 4.69) is 21.3 Å². The maximum atomic E-state index is 12.8. The Morgan fingerprint density at radius 1 is 1.16 bits per heavy atom. The van der Waals surface area contributed by atoms with Gasteiger partial charge in [-0.1, -0.05) is 12.1 Å². The molecule has 0 unspecified atom stereocenters. The third-order valence-electron chi connectivity index (χ3n) is 7.63. The smallest absolute Gasteiger partial charge is 0.338 e. The molecule has 3 heterocycles. The number of urea groups is 1. The maximum absolute atomic E-state index is 12.8. The van der Waals surface area contributed by atoms with Crippen LogP contribution in [0.5, 0.6) is 0 Å². The van der Waals surface area contributed by atoms with Gasteiger partial charge in [0, 0.05) is 57.5 Å². The van der Waals surface area contributed by atoms with Gasteiger partial charge in [-0.15, -0.1) is 12.4 Å². The minimum absolute atomic E-state index is 0. The van der Waals surface area contributed by atoms with Crippen LogP contribution in [0, 0.1) is 5.92 Å². The molecular formula is C26H37ClN8O3. The van der Waals surface area contributed by atoms with E-state index < -0.39 is 11.2 Å². The number of nitrogens with zero attached hydrogens (tertiary/aromatic N) is 5. The SMILES string of the molecule is CC(C)(N)C(=O)N1CCN(C(=O)Nc2ccn(-c3cccc(CCN4C[C@H]5C[C@@]5(N)C4)c3)c(=O)n2)CC1.Cl. The molecule has 0 spiro atoms. The fourth-order valence-electron chi connectivity index (χ4n) is 5.33. The van der Waals surface area contributed by atoms with Crippen molar-refractivity contribution in [1.29, 1.82) is 0 Å². The number of fused-ring (bicyclic) bond motifs is 1. The van der Waals surface area contributed by atoms with Crippen molar-refractivity contribution in [2.24, 2.45) is 17.4 Å². The molecule has 2 aliphatic heterocycles. The van der Waals surface area contributed by atoms with Gasteiger partial charge in [0.15, 0.2) is 0 Å². The van der Waals surface area contributed by atoms with E-state index in [9.17, 15) is 14.4 Å². The van der Waals surface area contributed by atoms with Crippen LogP contribution in [0.1, 0.15) is 25.8 Å². The van der Waals surface area contributed by atoms with E-state index in [-0.39, 0.29) is 35.7 Å². The molecule has 3 aliphatic rings. The Balaban J connectivity index is 0.00000336. The zero-order chi connectivity index (χ0) is 26.4. The molecule has 5 rings (SSSR count). The molecule has 3 fully saturated rings. The Hall–Kier alpha value is -2.99. The molecule has 1 aliphatic carbocycles. The predicted octanol–water partition coefficient (Wildman–Crippen LogP) is 0.643. The highest BCUT2D eigenvalue weighted by Gasteiger charge is 2.56. The molecule has 206 valence electrons. The van der Waals surface area contributed by atoms with Gasteiger partial charge in [0.2, 0.25) is 5.91 Å². The number of nitrogens with two attached hydrogens (primary N) is 2. The molecule has 1 saturated carbocycles. The lowest BCUT2D eigenvalue weighted by atomic mass is 10.1. The largest absolute Gasteiger partial charge is 0.354 e. The van der Waals surface area contributed by atoms with E-state index in [1.54, 1.807) is 35.9 Å². The maximum Gasteiger partial charge on any atom is 0.354 e. The van der Waals surface area contributed by atoms with Gasteiger partial charge < -0.3 is 26.2 Å². The monoisotopic (exact) mass is 544 g/mol. The molecule has 2 aromatic rings. The first kappa shape index (κ1) is 28.0. The average molecular weight is 545 g/mol. The van der Waals surface area contributed by atoms with E-state index >= 15 is 0 Å². The Morgan fingerprint density at radius 2 is 1.87 bits per heavy atom. The Kier molecular flexibility index (Phi) is 7.85. The molecule has 1 aromatic heterocycles. The lowest BCUT2D eigenvalue weighted by molar-refractivity contribution is -0.137. The topological polar surface area (TPSA) is 143 Å². The van der Waals surface area contributed by atoms with Gasteiger partial charge in [0.1, 0.15) is 5.82 Å². The van der Waals surface area contributed by atoms with E-state index in [1.165, 1.54) is 4.57 Å². The Labute approximate surface area is 228 Å². The standard InChI is InChI=1S/C26H36N8O3.ClH/c1-25(2,27)22(35)32-10-12-33(13-11-32)23(36)29-21-7-9-34(24(37)30-21)20-5-3-4-18(14-20)6-8-31-16-19-15-26(19,28)17-31;/h3-5,7,9,14,19H,6,8,10-13,15-17,27-28H2,1-2H3,(H,29,30,36,37);1H/t19-,26-;/m1./s1. The van der Waals surface area contributed by atoms with Gasteiger partial charge in [0.25, 0.3) is 0 Å². The number of carbonyl (C=O) groups is 2. The van der Waals surface area contributed by atoms with Crippen LogP contribution in [-0.2, 0) is 11.2 Å². The second-order valence-corrected chi connectivity index (χ2v) is 11.2. The van der Waals surface area contributed by atoms with Crippen molar-refractivity contribution in [3.05, 3.63) is 52.6 Å². The Morgan fingerprint density at radius 3 is 2.50 bits per heavy atom. The lowest BCUT2D eigenvalue weighted by Gasteiger charge is -2.37. The molecular weight excluding hydrogens is 508 g/mol. The second-order valence-electron chi connectivity index (χ2n) is 11.2. The van der Waals surface area contributed by atoms with Gasteiger partial charge in [-0.2, -0.15) is 4.98 Å². The number of benzene rings is 1. The highest BCUT2D eigenvalue weighted by atomic mass is 35.5. The molecule has 0 radical (unpaired) electrons. The molecule has 11 nitrogen and oxygen atoms in total. The van der Waals surface area contributed by atoms with Crippen molar-refractivity contribution in [3.8, 4) is 5.69 Å². The summed E-state index contributed by atoms with van der Waals surface area (Å²) in [5.41, 5.74) is 12.7. The number of amides is 3.